The first-order valence-electron chi connectivity index (χ1n) is 7.02. The fourth-order valence-electron chi connectivity index (χ4n) is 2.69. The molecule has 108 valence electrons. The van der Waals surface area contributed by atoms with Crippen molar-refractivity contribution in [2.75, 3.05) is 7.05 Å². The van der Waals surface area contributed by atoms with Gasteiger partial charge in [-0.2, -0.15) is 5.10 Å². The highest BCUT2D eigenvalue weighted by Crippen LogP contribution is 2.25. The molecule has 0 bridgehead atoms. The number of para-hydroxylation sites is 1. The number of halogens is 1. The van der Waals surface area contributed by atoms with Gasteiger partial charge in [0.2, 0.25) is 0 Å². The summed E-state index contributed by atoms with van der Waals surface area (Å²) in [5.74, 6) is 0. The summed E-state index contributed by atoms with van der Waals surface area (Å²) in [6, 6.07) is 16.5. The Morgan fingerprint density at radius 1 is 1.14 bits per heavy atom. The molecule has 0 radical (unpaired) electrons. The number of nitrogens with one attached hydrogen (secondary N) is 1. The third kappa shape index (κ3) is 2.80. The number of rotatable bonds is 4. The highest BCUT2D eigenvalue weighted by Gasteiger charge is 2.17. The van der Waals surface area contributed by atoms with Gasteiger partial charge >= 0.3 is 0 Å². The molecule has 0 aliphatic heterocycles. The SMILES string of the molecule is CNC(Cc1ccc(Cl)cc1)c1nn(C)c2ccccc12. The van der Waals surface area contributed by atoms with Crippen molar-refractivity contribution in [3.8, 4) is 0 Å². The molecule has 0 spiro atoms. The van der Waals surface area contributed by atoms with Gasteiger partial charge in [0, 0.05) is 17.5 Å². The van der Waals surface area contributed by atoms with E-state index in [2.05, 4.69) is 35.6 Å². The Morgan fingerprint density at radius 3 is 2.57 bits per heavy atom. The van der Waals surface area contributed by atoms with E-state index in [4.69, 9.17) is 16.7 Å². The summed E-state index contributed by atoms with van der Waals surface area (Å²) in [5, 5.41) is 10.0. The van der Waals surface area contributed by atoms with Crippen LogP contribution in [0.4, 0.5) is 0 Å². The molecular weight excluding hydrogens is 282 g/mol. The standard InChI is InChI=1S/C17H18ClN3/c1-19-15(11-12-7-9-13(18)10-8-12)17-14-5-3-4-6-16(14)21(2)20-17/h3-10,15,19H,11H2,1-2H3. The third-order valence-corrected chi connectivity index (χ3v) is 4.07. The molecule has 3 aromatic rings. The zero-order chi connectivity index (χ0) is 14.8. The predicted molar refractivity (Wildman–Crippen MR) is 87.7 cm³/mol. The van der Waals surface area contributed by atoms with Gasteiger partial charge in [0.05, 0.1) is 17.3 Å². The van der Waals surface area contributed by atoms with Gasteiger partial charge < -0.3 is 5.32 Å². The molecule has 3 rings (SSSR count). The van der Waals surface area contributed by atoms with Gasteiger partial charge in [-0.1, -0.05) is 41.9 Å². The van der Waals surface area contributed by atoms with Crippen LogP contribution in [-0.4, -0.2) is 16.8 Å². The number of aromatic nitrogens is 2. The lowest BCUT2D eigenvalue weighted by Gasteiger charge is -2.14. The number of benzene rings is 2. The van der Waals surface area contributed by atoms with Crippen molar-refractivity contribution in [3.63, 3.8) is 0 Å². The topological polar surface area (TPSA) is 29.9 Å². The molecule has 1 N–H and O–H groups in total. The van der Waals surface area contributed by atoms with E-state index in [1.807, 2.05) is 37.0 Å². The minimum atomic E-state index is 0.178. The van der Waals surface area contributed by atoms with Crippen molar-refractivity contribution < 1.29 is 0 Å². The van der Waals surface area contributed by atoms with E-state index in [0.717, 1.165) is 22.7 Å². The summed E-state index contributed by atoms with van der Waals surface area (Å²) in [4.78, 5) is 0. The Balaban J connectivity index is 1.96. The Morgan fingerprint density at radius 2 is 1.86 bits per heavy atom. The fourth-order valence-corrected chi connectivity index (χ4v) is 2.82. The van der Waals surface area contributed by atoms with Gasteiger partial charge in [-0.3, -0.25) is 4.68 Å². The van der Waals surface area contributed by atoms with E-state index in [0.29, 0.717) is 0 Å². The molecule has 3 nitrogen and oxygen atoms in total. The van der Waals surface area contributed by atoms with Crippen LogP contribution < -0.4 is 5.32 Å². The van der Waals surface area contributed by atoms with Crippen molar-refractivity contribution in [2.45, 2.75) is 12.5 Å². The van der Waals surface area contributed by atoms with Gasteiger partial charge in [-0.25, -0.2) is 0 Å². The number of likely N-dealkylation sites (N-methyl/N-ethyl adjacent to an activating group) is 1. The van der Waals surface area contributed by atoms with Crippen LogP contribution in [0.25, 0.3) is 10.9 Å². The monoisotopic (exact) mass is 299 g/mol. The zero-order valence-corrected chi connectivity index (χ0v) is 12.9. The molecule has 0 fully saturated rings. The van der Waals surface area contributed by atoms with Crippen LogP contribution >= 0.6 is 11.6 Å². The van der Waals surface area contributed by atoms with Crippen LogP contribution in [0.2, 0.25) is 5.02 Å². The Kier molecular flexibility index (Phi) is 3.95. The molecule has 0 aliphatic rings. The lowest BCUT2D eigenvalue weighted by Crippen LogP contribution is -2.19. The smallest absolute Gasteiger partial charge is 0.0875 e. The second kappa shape index (κ2) is 5.88. The van der Waals surface area contributed by atoms with Gasteiger partial charge in [-0.05, 0) is 37.2 Å². The molecule has 0 aliphatic carbocycles. The third-order valence-electron chi connectivity index (χ3n) is 3.82. The molecule has 1 atom stereocenters. The second-order valence-corrected chi connectivity index (χ2v) is 5.63. The Bertz CT molecular complexity index is 746. The summed E-state index contributed by atoms with van der Waals surface area (Å²) in [6.45, 7) is 0. The maximum Gasteiger partial charge on any atom is 0.0875 e. The first-order chi connectivity index (χ1) is 10.2. The van der Waals surface area contributed by atoms with Gasteiger partial charge in [0.1, 0.15) is 0 Å². The van der Waals surface area contributed by atoms with Crippen molar-refractivity contribution >= 4 is 22.5 Å². The Hall–Kier alpha value is -1.84. The lowest BCUT2D eigenvalue weighted by molar-refractivity contribution is 0.567. The minimum absolute atomic E-state index is 0.178. The number of hydrogen-bond donors (Lipinski definition) is 1. The van der Waals surface area contributed by atoms with E-state index >= 15 is 0 Å². The fraction of sp³-hybridized carbons (Fsp3) is 0.235. The summed E-state index contributed by atoms with van der Waals surface area (Å²) in [6.07, 6.45) is 0.884. The molecule has 4 heteroatoms. The van der Waals surface area contributed by atoms with Crippen LogP contribution in [0.1, 0.15) is 17.3 Å². The van der Waals surface area contributed by atoms with Crippen molar-refractivity contribution in [2.24, 2.45) is 7.05 Å². The van der Waals surface area contributed by atoms with Crippen LogP contribution in [0, 0.1) is 0 Å². The number of nitrogens with zero attached hydrogens (tertiary/aromatic N) is 2. The molecule has 2 aromatic carbocycles. The van der Waals surface area contributed by atoms with Crippen LogP contribution in [0.3, 0.4) is 0 Å². The number of hydrogen-bond acceptors (Lipinski definition) is 2. The van der Waals surface area contributed by atoms with E-state index in [-0.39, 0.29) is 6.04 Å². The lowest BCUT2D eigenvalue weighted by atomic mass is 10.0. The van der Waals surface area contributed by atoms with Gasteiger partial charge in [-0.15, -0.1) is 0 Å². The summed E-state index contributed by atoms with van der Waals surface area (Å²) in [5.41, 5.74) is 3.49. The minimum Gasteiger partial charge on any atom is -0.311 e. The summed E-state index contributed by atoms with van der Waals surface area (Å²) < 4.78 is 1.94. The molecule has 0 saturated heterocycles. The second-order valence-electron chi connectivity index (χ2n) is 5.20. The number of fused-ring (bicyclic) bond motifs is 1. The highest BCUT2D eigenvalue weighted by atomic mass is 35.5. The molecule has 0 saturated carbocycles. The van der Waals surface area contributed by atoms with E-state index in [1.165, 1.54) is 10.9 Å². The first kappa shape index (κ1) is 14.1. The van der Waals surface area contributed by atoms with Crippen LogP contribution in [0.15, 0.2) is 48.5 Å². The molecule has 1 unspecified atom stereocenters. The summed E-state index contributed by atoms with van der Waals surface area (Å²) in [7, 11) is 3.96. The average molecular weight is 300 g/mol. The number of aryl methyl sites for hydroxylation is 1. The van der Waals surface area contributed by atoms with Gasteiger partial charge in [0.25, 0.3) is 0 Å². The predicted octanol–water partition coefficient (Wildman–Crippen LogP) is 3.73. The quantitative estimate of drug-likeness (QED) is 0.795. The first-order valence-corrected chi connectivity index (χ1v) is 7.40. The molecule has 1 heterocycles. The van der Waals surface area contributed by atoms with Gasteiger partial charge in [0.15, 0.2) is 0 Å². The zero-order valence-electron chi connectivity index (χ0n) is 12.2. The van der Waals surface area contributed by atoms with E-state index < -0.39 is 0 Å². The Labute approximate surface area is 129 Å². The maximum absolute atomic E-state index is 5.95. The van der Waals surface area contributed by atoms with Crippen molar-refractivity contribution in [3.05, 3.63) is 64.8 Å². The largest absolute Gasteiger partial charge is 0.311 e. The summed E-state index contributed by atoms with van der Waals surface area (Å²) >= 11 is 5.95. The molecule has 1 aromatic heterocycles. The molecule has 0 amide bonds. The van der Waals surface area contributed by atoms with Crippen LogP contribution in [-0.2, 0) is 13.5 Å². The molecular formula is C17H18ClN3. The highest BCUT2D eigenvalue weighted by molar-refractivity contribution is 6.30. The average Bonchev–Trinajstić information content (AvgIpc) is 2.84. The van der Waals surface area contributed by atoms with Crippen molar-refractivity contribution in [1.29, 1.82) is 0 Å². The van der Waals surface area contributed by atoms with Crippen molar-refractivity contribution in [1.82, 2.24) is 15.1 Å². The molecule has 21 heavy (non-hydrogen) atoms. The maximum atomic E-state index is 5.95. The van der Waals surface area contributed by atoms with Crippen LogP contribution in [0.5, 0.6) is 0 Å². The van der Waals surface area contributed by atoms with E-state index in [1.54, 1.807) is 0 Å². The normalized spacial score (nSPS) is 12.7. The van der Waals surface area contributed by atoms with E-state index in [9.17, 15) is 0 Å².